The van der Waals surface area contributed by atoms with E-state index in [4.69, 9.17) is 11.6 Å². The highest BCUT2D eigenvalue weighted by Crippen LogP contribution is 2.11. The van der Waals surface area contributed by atoms with E-state index in [0.29, 0.717) is 11.6 Å². The standard InChI is InChI=1S/C19H23ClN2O2S/c1-22(16-18-6-3-2-4-7-18)14-5-13-21-25(23,24)15-12-17-8-10-19(20)11-9-17/h2-4,6-12,15,21H,5,13-14,16H2,1H3/b15-12+. The Balaban J connectivity index is 1.71. The second-order valence-corrected chi connectivity index (χ2v) is 7.96. The SMILES string of the molecule is CN(CCCNS(=O)(=O)/C=C/c1ccc(Cl)cc1)Cc1ccccc1. The molecule has 0 heterocycles. The predicted octanol–water partition coefficient (Wildman–Crippen LogP) is 3.75. The number of nitrogens with one attached hydrogen (secondary N) is 1. The lowest BCUT2D eigenvalue weighted by Crippen LogP contribution is -2.26. The Bertz CT molecular complexity index is 775. The fourth-order valence-electron chi connectivity index (χ4n) is 2.33. The van der Waals surface area contributed by atoms with Crippen LogP contribution in [0.25, 0.3) is 6.08 Å². The highest BCUT2D eigenvalue weighted by atomic mass is 35.5. The minimum absolute atomic E-state index is 0.409. The van der Waals surface area contributed by atoms with Gasteiger partial charge < -0.3 is 4.90 Å². The van der Waals surface area contributed by atoms with Crippen LogP contribution in [-0.2, 0) is 16.6 Å². The molecule has 0 saturated heterocycles. The van der Waals surface area contributed by atoms with Crippen molar-refractivity contribution < 1.29 is 8.42 Å². The second-order valence-electron chi connectivity index (χ2n) is 5.87. The fourth-order valence-corrected chi connectivity index (χ4v) is 3.32. The number of hydrogen-bond donors (Lipinski definition) is 1. The van der Waals surface area contributed by atoms with E-state index in [2.05, 4.69) is 21.8 Å². The van der Waals surface area contributed by atoms with Crippen LogP contribution in [-0.4, -0.2) is 33.5 Å². The van der Waals surface area contributed by atoms with Gasteiger partial charge >= 0.3 is 0 Å². The van der Waals surface area contributed by atoms with Gasteiger partial charge in [0.25, 0.3) is 0 Å². The van der Waals surface area contributed by atoms with Crippen molar-refractivity contribution >= 4 is 27.7 Å². The third kappa shape index (κ3) is 7.84. The van der Waals surface area contributed by atoms with Crippen molar-refractivity contribution in [1.82, 2.24) is 9.62 Å². The normalized spacial score (nSPS) is 12.1. The van der Waals surface area contributed by atoms with Crippen molar-refractivity contribution in [3.8, 4) is 0 Å². The first-order chi connectivity index (χ1) is 11.9. The first-order valence-corrected chi connectivity index (χ1v) is 10.0. The van der Waals surface area contributed by atoms with Crippen LogP contribution in [0.15, 0.2) is 60.0 Å². The quantitative estimate of drug-likeness (QED) is 0.676. The van der Waals surface area contributed by atoms with Crippen LogP contribution in [0.3, 0.4) is 0 Å². The van der Waals surface area contributed by atoms with E-state index in [-0.39, 0.29) is 0 Å². The Hall–Kier alpha value is -1.66. The Labute approximate surface area is 155 Å². The lowest BCUT2D eigenvalue weighted by molar-refractivity contribution is 0.322. The number of halogens is 1. The zero-order valence-electron chi connectivity index (χ0n) is 14.2. The highest BCUT2D eigenvalue weighted by Gasteiger charge is 2.05. The van der Waals surface area contributed by atoms with Crippen LogP contribution in [0.4, 0.5) is 0 Å². The Kier molecular flexibility index (Phi) is 7.65. The van der Waals surface area contributed by atoms with Gasteiger partial charge in [0.15, 0.2) is 0 Å². The molecule has 2 aromatic carbocycles. The summed E-state index contributed by atoms with van der Waals surface area (Å²) in [5.74, 6) is 0. The summed E-state index contributed by atoms with van der Waals surface area (Å²) in [6, 6.07) is 17.2. The van der Waals surface area contributed by atoms with Gasteiger partial charge in [-0.1, -0.05) is 54.1 Å². The zero-order valence-corrected chi connectivity index (χ0v) is 15.8. The van der Waals surface area contributed by atoms with Crippen LogP contribution >= 0.6 is 11.6 Å². The van der Waals surface area contributed by atoms with Crippen molar-refractivity contribution in [3.05, 3.63) is 76.2 Å². The van der Waals surface area contributed by atoms with Gasteiger partial charge in [0.1, 0.15) is 0 Å². The molecule has 6 heteroatoms. The lowest BCUT2D eigenvalue weighted by atomic mass is 10.2. The average molecular weight is 379 g/mol. The lowest BCUT2D eigenvalue weighted by Gasteiger charge is -2.16. The number of sulfonamides is 1. The van der Waals surface area contributed by atoms with Gasteiger partial charge in [0.05, 0.1) is 0 Å². The maximum Gasteiger partial charge on any atom is 0.233 e. The summed E-state index contributed by atoms with van der Waals surface area (Å²) in [7, 11) is -1.40. The molecule has 0 aliphatic carbocycles. The Morgan fingerprint density at radius 3 is 2.44 bits per heavy atom. The molecule has 0 aromatic heterocycles. The predicted molar refractivity (Wildman–Crippen MR) is 105 cm³/mol. The van der Waals surface area contributed by atoms with Crippen LogP contribution in [0.1, 0.15) is 17.5 Å². The number of rotatable bonds is 9. The van der Waals surface area contributed by atoms with E-state index in [9.17, 15) is 8.42 Å². The molecule has 0 aliphatic heterocycles. The minimum Gasteiger partial charge on any atom is -0.302 e. The van der Waals surface area contributed by atoms with Gasteiger partial charge in [0.2, 0.25) is 10.0 Å². The van der Waals surface area contributed by atoms with Gasteiger partial charge in [-0.25, -0.2) is 13.1 Å². The number of hydrogen-bond acceptors (Lipinski definition) is 3. The second kappa shape index (κ2) is 9.73. The number of benzene rings is 2. The molecule has 0 radical (unpaired) electrons. The van der Waals surface area contributed by atoms with Crippen molar-refractivity contribution in [2.45, 2.75) is 13.0 Å². The maximum atomic E-state index is 12.0. The molecule has 2 rings (SSSR count). The van der Waals surface area contributed by atoms with E-state index in [1.807, 2.05) is 25.2 Å². The first-order valence-electron chi connectivity index (χ1n) is 8.10. The molecule has 0 saturated carbocycles. The van der Waals surface area contributed by atoms with Crippen LogP contribution < -0.4 is 4.72 Å². The maximum absolute atomic E-state index is 12.0. The molecular formula is C19H23ClN2O2S. The molecule has 0 amide bonds. The Morgan fingerprint density at radius 1 is 1.08 bits per heavy atom. The van der Waals surface area contributed by atoms with Crippen molar-refractivity contribution in [3.63, 3.8) is 0 Å². The van der Waals surface area contributed by atoms with E-state index >= 15 is 0 Å². The van der Waals surface area contributed by atoms with Gasteiger partial charge in [-0.05, 0) is 49.3 Å². The van der Waals surface area contributed by atoms with Gasteiger partial charge in [0, 0.05) is 23.5 Å². The third-order valence-corrected chi connectivity index (χ3v) is 4.98. The van der Waals surface area contributed by atoms with Gasteiger partial charge in [-0.3, -0.25) is 0 Å². The summed E-state index contributed by atoms with van der Waals surface area (Å²) in [6.07, 6.45) is 2.30. The summed E-state index contributed by atoms with van der Waals surface area (Å²) in [5, 5.41) is 1.81. The van der Waals surface area contributed by atoms with E-state index in [1.54, 1.807) is 30.3 Å². The summed E-state index contributed by atoms with van der Waals surface area (Å²) < 4.78 is 26.5. The van der Waals surface area contributed by atoms with Gasteiger partial charge in [-0.2, -0.15) is 0 Å². The molecule has 0 unspecified atom stereocenters. The molecule has 4 nitrogen and oxygen atoms in total. The van der Waals surface area contributed by atoms with Gasteiger partial charge in [-0.15, -0.1) is 0 Å². The van der Waals surface area contributed by atoms with E-state index < -0.39 is 10.0 Å². The molecule has 1 N–H and O–H groups in total. The molecule has 0 aliphatic rings. The first kappa shape index (κ1) is 19.7. The number of nitrogens with zero attached hydrogens (tertiary/aromatic N) is 1. The molecule has 2 aromatic rings. The summed E-state index contributed by atoms with van der Waals surface area (Å²) in [4.78, 5) is 2.17. The molecule has 0 bridgehead atoms. The van der Waals surface area contributed by atoms with Crippen molar-refractivity contribution in [1.29, 1.82) is 0 Å². The molecule has 0 atom stereocenters. The highest BCUT2D eigenvalue weighted by molar-refractivity contribution is 7.92. The monoisotopic (exact) mass is 378 g/mol. The van der Waals surface area contributed by atoms with E-state index in [1.165, 1.54) is 11.0 Å². The van der Waals surface area contributed by atoms with Crippen molar-refractivity contribution in [2.75, 3.05) is 20.1 Å². The largest absolute Gasteiger partial charge is 0.302 e. The van der Waals surface area contributed by atoms with Crippen LogP contribution in [0.5, 0.6) is 0 Å². The average Bonchev–Trinajstić information content (AvgIpc) is 2.59. The molecule has 25 heavy (non-hydrogen) atoms. The Morgan fingerprint density at radius 2 is 1.76 bits per heavy atom. The topological polar surface area (TPSA) is 49.4 Å². The van der Waals surface area contributed by atoms with Crippen molar-refractivity contribution in [2.24, 2.45) is 0 Å². The summed E-state index contributed by atoms with van der Waals surface area (Å²) in [6.45, 7) is 2.08. The molecule has 0 spiro atoms. The summed E-state index contributed by atoms with van der Waals surface area (Å²) in [5.41, 5.74) is 2.04. The van der Waals surface area contributed by atoms with E-state index in [0.717, 1.165) is 25.1 Å². The molecule has 134 valence electrons. The minimum atomic E-state index is -3.43. The molecule has 0 fully saturated rings. The van der Waals surface area contributed by atoms with Crippen LogP contribution in [0.2, 0.25) is 5.02 Å². The zero-order chi connectivity index (χ0) is 18.1. The fraction of sp³-hybridized carbons (Fsp3) is 0.263. The smallest absolute Gasteiger partial charge is 0.233 e. The third-order valence-electron chi connectivity index (χ3n) is 3.62. The summed E-state index contributed by atoms with van der Waals surface area (Å²) >= 11 is 5.80. The van der Waals surface area contributed by atoms with Crippen LogP contribution in [0, 0.1) is 0 Å². The molecular weight excluding hydrogens is 356 g/mol.